The summed E-state index contributed by atoms with van der Waals surface area (Å²) in [7, 11) is -3.51. The summed E-state index contributed by atoms with van der Waals surface area (Å²) in [6.45, 7) is 1.32. The highest BCUT2D eigenvalue weighted by Crippen LogP contribution is 2.22. The second kappa shape index (κ2) is 6.83. The SMILES string of the molecule is O=C(c1ccc(=O)[nH]n1)N1CCCN(S(=O)(=O)c2cccs2)CC1. The smallest absolute Gasteiger partial charge is 0.274 e. The largest absolute Gasteiger partial charge is 0.336 e. The number of aromatic amines is 1. The van der Waals surface area contributed by atoms with E-state index >= 15 is 0 Å². The van der Waals surface area contributed by atoms with E-state index in [-0.39, 0.29) is 30.2 Å². The molecule has 0 unspecified atom stereocenters. The number of aromatic nitrogens is 2. The first-order valence-electron chi connectivity index (χ1n) is 7.37. The molecule has 0 radical (unpaired) electrons. The zero-order valence-electron chi connectivity index (χ0n) is 12.7. The molecule has 1 saturated heterocycles. The third-order valence-electron chi connectivity index (χ3n) is 3.73. The van der Waals surface area contributed by atoms with Crippen molar-refractivity contribution in [2.24, 2.45) is 0 Å². The molecule has 24 heavy (non-hydrogen) atoms. The van der Waals surface area contributed by atoms with Crippen LogP contribution in [0.3, 0.4) is 0 Å². The van der Waals surface area contributed by atoms with Crippen molar-refractivity contribution in [2.45, 2.75) is 10.6 Å². The number of amides is 1. The summed E-state index contributed by atoms with van der Waals surface area (Å²) in [6, 6.07) is 5.89. The molecule has 8 nitrogen and oxygen atoms in total. The van der Waals surface area contributed by atoms with Crippen molar-refractivity contribution < 1.29 is 13.2 Å². The van der Waals surface area contributed by atoms with Crippen molar-refractivity contribution in [1.29, 1.82) is 0 Å². The van der Waals surface area contributed by atoms with Gasteiger partial charge < -0.3 is 4.90 Å². The van der Waals surface area contributed by atoms with Crippen molar-refractivity contribution in [3.05, 3.63) is 45.7 Å². The lowest BCUT2D eigenvalue weighted by atomic mass is 10.3. The van der Waals surface area contributed by atoms with E-state index < -0.39 is 10.0 Å². The molecule has 0 saturated carbocycles. The first kappa shape index (κ1) is 16.8. The van der Waals surface area contributed by atoms with Crippen molar-refractivity contribution in [1.82, 2.24) is 19.4 Å². The molecule has 0 bridgehead atoms. The molecular formula is C14H16N4O4S2. The van der Waals surface area contributed by atoms with E-state index in [4.69, 9.17) is 0 Å². The van der Waals surface area contributed by atoms with E-state index in [2.05, 4.69) is 10.2 Å². The number of sulfonamides is 1. The maximum Gasteiger partial charge on any atom is 0.274 e. The van der Waals surface area contributed by atoms with Gasteiger partial charge in [0.2, 0.25) is 0 Å². The molecule has 0 aromatic carbocycles. The summed E-state index contributed by atoms with van der Waals surface area (Å²) in [6.07, 6.45) is 0.541. The molecule has 0 aliphatic carbocycles. The molecule has 1 aliphatic rings. The molecule has 128 valence electrons. The fourth-order valence-corrected chi connectivity index (χ4v) is 5.11. The van der Waals surface area contributed by atoms with Gasteiger partial charge in [-0.25, -0.2) is 13.5 Å². The van der Waals surface area contributed by atoms with Gasteiger partial charge in [0.25, 0.3) is 21.5 Å². The predicted molar refractivity (Wildman–Crippen MR) is 88.5 cm³/mol. The van der Waals surface area contributed by atoms with E-state index in [1.165, 1.54) is 27.8 Å². The third kappa shape index (κ3) is 3.40. The number of hydrogen-bond donors (Lipinski definition) is 1. The van der Waals surface area contributed by atoms with E-state index in [9.17, 15) is 18.0 Å². The first-order valence-corrected chi connectivity index (χ1v) is 9.69. The number of thiophene rings is 1. The molecule has 2 aromatic heterocycles. The van der Waals surface area contributed by atoms with E-state index in [1.807, 2.05) is 0 Å². The molecule has 3 rings (SSSR count). The van der Waals surface area contributed by atoms with E-state index in [0.717, 1.165) is 0 Å². The Bertz CT molecular complexity index is 856. The normalized spacial score (nSPS) is 16.8. The molecule has 3 heterocycles. The summed E-state index contributed by atoms with van der Waals surface area (Å²) < 4.78 is 26.9. The minimum atomic E-state index is -3.51. The van der Waals surface area contributed by atoms with Gasteiger partial charge in [0, 0.05) is 32.2 Å². The van der Waals surface area contributed by atoms with Crippen LogP contribution in [0.5, 0.6) is 0 Å². The van der Waals surface area contributed by atoms with Gasteiger partial charge >= 0.3 is 0 Å². The first-order chi connectivity index (χ1) is 11.5. The van der Waals surface area contributed by atoms with Crippen molar-refractivity contribution >= 4 is 27.3 Å². The molecule has 10 heteroatoms. The molecule has 0 atom stereocenters. The fourth-order valence-electron chi connectivity index (χ4n) is 2.50. The van der Waals surface area contributed by atoms with Crippen LogP contribution in [-0.4, -0.2) is 59.9 Å². The van der Waals surface area contributed by atoms with Gasteiger partial charge in [-0.1, -0.05) is 6.07 Å². The summed E-state index contributed by atoms with van der Waals surface area (Å²) in [5.41, 5.74) is -0.236. The van der Waals surface area contributed by atoms with Gasteiger partial charge in [0.15, 0.2) is 0 Å². The lowest BCUT2D eigenvalue weighted by Crippen LogP contribution is -2.37. The Kier molecular flexibility index (Phi) is 4.78. The van der Waals surface area contributed by atoms with Gasteiger partial charge in [0.05, 0.1) is 0 Å². The average molecular weight is 368 g/mol. The highest BCUT2D eigenvalue weighted by molar-refractivity contribution is 7.91. The average Bonchev–Trinajstić information content (AvgIpc) is 3.00. The van der Waals surface area contributed by atoms with Crippen LogP contribution in [0.2, 0.25) is 0 Å². The lowest BCUT2D eigenvalue weighted by Gasteiger charge is -2.21. The van der Waals surface area contributed by atoms with Gasteiger partial charge in [-0.2, -0.15) is 9.40 Å². The van der Waals surface area contributed by atoms with Gasteiger partial charge in [-0.15, -0.1) is 11.3 Å². The highest BCUT2D eigenvalue weighted by Gasteiger charge is 2.29. The Morgan fingerprint density at radius 2 is 2.00 bits per heavy atom. The zero-order chi connectivity index (χ0) is 17.2. The second-order valence-corrected chi connectivity index (χ2v) is 8.40. The van der Waals surface area contributed by atoms with Gasteiger partial charge in [-0.3, -0.25) is 9.59 Å². The topological polar surface area (TPSA) is 103 Å². The number of rotatable bonds is 3. The van der Waals surface area contributed by atoms with Crippen LogP contribution in [0.15, 0.2) is 38.6 Å². The number of carbonyl (C=O) groups is 1. The fraction of sp³-hybridized carbons (Fsp3) is 0.357. The monoisotopic (exact) mass is 368 g/mol. The van der Waals surface area contributed by atoms with Crippen LogP contribution in [0.1, 0.15) is 16.9 Å². The van der Waals surface area contributed by atoms with Crippen LogP contribution in [0.25, 0.3) is 0 Å². The maximum absolute atomic E-state index is 12.6. The summed E-state index contributed by atoms with van der Waals surface area (Å²) in [5, 5.41) is 7.69. The highest BCUT2D eigenvalue weighted by atomic mass is 32.2. The van der Waals surface area contributed by atoms with E-state index in [1.54, 1.807) is 22.4 Å². The molecule has 1 amide bonds. The van der Waals surface area contributed by atoms with Crippen molar-refractivity contribution in [3.63, 3.8) is 0 Å². The van der Waals surface area contributed by atoms with Crippen LogP contribution in [-0.2, 0) is 10.0 Å². The molecule has 1 aliphatic heterocycles. The predicted octanol–water partition coefficient (Wildman–Crippen LogP) is 0.368. The Labute approximate surface area is 142 Å². The minimum absolute atomic E-state index is 0.143. The summed E-state index contributed by atoms with van der Waals surface area (Å²) >= 11 is 1.18. The maximum atomic E-state index is 12.6. The number of hydrogen-bond acceptors (Lipinski definition) is 6. The van der Waals surface area contributed by atoms with Crippen LogP contribution in [0.4, 0.5) is 0 Å². The molecule has 2 aromatic rings. The third-order valence-corrected chi connectivity index (χ3v) is 7.00. The number of nitrogens with one attached hydrogen (secondary N) is 1. The quantitative estimate of drug-likeness (QED) is 0.843. The van der Waals surface area contributed by atoms with Gasteiger partial charge in [0.1, 0.15) is 9.90 Å². The molecule has 0 spiro atoms. The van der Waals surface area contributed by atoms with E-state index in [0.29, 0.717) is 23.7 Å². The number of H-pyrrole nitrogens is 1. The standard InChI is InChI=1S/C14H16N4O4S2/c19-12-5-4-11(15-16-12)14(20)17-6-2-7-18(9-8-17)24(21,22)13-3-1-10-23-13/h1,3-5,10H,2,6-9H2,(H,16,19). The van der Waals surface area contributed by atoms with Gasteiger partial charge in [-0.05, 0) is 23.9 Å². The number of nitrogens with zero attached hydrogens (tertiary/aromatic N) is 3. The van der Waals surface area contributed by atoms with Crippen molar-refractivity contribution in [3.8, 4) is 0 Å². The molecular weight excluding hydrogens is 352 g/mol. The van der Waals surface area contributed by atoms with Crippen molar-refractivity contribution in [2.75, 3.05) is 26.2 Å². The Balaban J connectivity index is 1.72. The second-order valence-electron chi connectivity index (χ2n) is 5.29. The summed E-state index contributed by atoms with van der Waals surface area (Å²) in [5.74, 6) is -0.318. The Hall–Kier alpha value is -2.04. The van der Waals surface area contributed by atoms with Crippen LogP contribution < -0.4 is 5.56 Å². The minimum Gasteiger partial charge on any atom is -0.336 e. The molecule has 1 fully saturated rings. The summed E-state index contributed by atoms with van der Waals surface area (Å²) in [4.78, 5) is 25.0. The lowest BCUT2D eigenvalue weighted by molar-refractivity contribution is 0.0757. The van der Waals surface area contributed by atoms with Crippen LogP contribution in [0, 0.1) is 0 Å². The molecule has 1 N–H and O–H groups in total. The Morgan fingerprint density at radius 3 is 2.67 bits per heavy atom. The number of carbonyl (C=O) groups excluding carboxylic acids is 1. The zero-order valence-corrected chi connectivity index (χ0v) is 14.3. The Morgan fingerprint density at radius 1 is 1.17 bits per heavy atom. The van der Waals surface area contributed by atoms with Crippen LogP contribution >= 0.6 is 11.3 Å².